The number of anilines is 1. The van der Waals surface area contributed by atoms with E-state index < -0.39 is 11.6 Å². The van der Waals surface area contributed by atoms with Gasteiger partial charge in [-0.25, -0.2) is 8.78 Å². The highest BCUT2D eigenvalue weighted by Crippen LogP contribution is 2.22. The lowest BCUT2D eigenvalue weighted by molar-refractivity contribution is 0.383. The first-order valence-electron chi connectivity index (χ1n) is 5.58. The summed E-state index contributed by atoms with van der Waals surface area (Å²) >= 11 is 0. The van der Waals surface area contributed by atoms with Crippen LogP contribution in [-0.4, -0.2) is 13.3 Å². The topological polar surface area (TPSA) is 33.6 Å². The molecule has 0 fully saturated rings. The minimum absolute atomic E-state index is 0.0417. The van der Waals surface area contributed by atoms with Crippen LogP contribution in [0, 0.1) is 11.6 Å². The van der Waals surface area contributed by atoms with E-state index >= 15 is 0 Å². The molecule has 3 nitrogen and oxygen atoms in total. The number of ether oxygens (including phenoxy) is 1. The van der Waals surface area contributed by atoms with E-state index in [1.54, 1.807) is 0 Å². The Labute approximate surface area is 109 Å². The largest absolute Gasteiger partial charge is 0.493 e. The SMILES string of the molecule is COc1c(F)cc(F)cc1C=NNc1ccccc1. The van der Waals surface area contributed by atoms with E-state index in [0.717, 1.165) is 17.8 Å². The molecule has 2 aromatic carbocycles. The average molecular weight is 262 g/mol. The van der Waals surface area contributed by atoms with Crippen molar-refractivity contribution < 1.29 is 13.5 Å². The molecule has 0 aliphatic carbocycles. The van der Waals surface area contributed by atoms with Gasteiger partial charge in [-0.15, -0.1) is 0 Å². The second kappa shape index (κ2) is 5.95. The first-order chi connectivity index (χ1) is 9.20. The van der Waals surface area contributed by atoms with Crippen molar-refractivity contribution in [2.75, 3.05) is 12.5 Å². The summed E-state index contributed by atoms with van der Waals surface area (Å²) < 4.78 is 31.4. The number of hydrogen-bond donors (Lipinski definition) is 1. The molecule has 0 spiro atoms. The monoisotopic (exact) mass is 262 g/mol. The molecular formula is C14H12F2N2O. The number of nitrogens with one attached hydrogen (secondary N) is 1. The van der Waals surface area contributed by atoms with Gasteiger partial charge in [-0.05, 0) is 18.2 Å². The summed E-state index contributed by atoms with van der Waals surface area (Å²) in [5, 5.41) is 3.91. The van der Waals surface area contributed by atoms with Crippen molar-refractivity contribution in [2.24, 2.45) is 5.10 Å². The Morgan fingerprint density at radius 2 is 1.89 bits per heavy atom. The molecular weight excluding hydrogens is 250 g/mol. The summed E-state index contributed by atoms with van der Waals surface area (Å²) in [6.45, 7) is 0. The normalized spacial score (nSPS) is 10.7. The Kier molecular flexibility index (Phi) is 4.07. The fraction of sp³-hybridized carbons (Fsp3) is 0.0714. The molecule has 2 rings (SSSR count). The highest BCUT2D eigenvalue weighted by molar-refractivity contribution is 5.84. The third-order valence-corrected chi connectivity index (χ3v) is 2.41. The van der Waals surface area contributed by atoms with Crippen LogP contribution in [-0.2, 0) is 0 Å². The Bertz CT molecular complexity index is 585. The molecule has 2 aromatic rings. The van der Waals surface area contributed by atoms with Crippen molar-refractivity contribution in [1.82, 2.24) is 0 Å². The van der Waals surface area contributed by atoms with Gasteiger partial charge in [0.05, 0.1) is 19.0 Å². The van der Waals surface area contributed by atoms with Crippen LogP contribution >= 0.6 is 0 Å². The standard InChI is InChI=1S/C14H12F2N2O/c1-19-14-10(7-11(15)8-13(14)16)9-17-18-12-5-3-2-4-6-12/h2-9,18H,1H3. The predicted octanol–water partition coefficient (Wildman–Crippen LogP) is 3.42. The van der Waals surface area contributed by atoms with E-state index in [9.17, 15) is 8.78 Å². The minimum atomic E-state index is -0.760. The van der Waals surface area contributed by atoms with Crippen LogP contribution in [0.2, 0.25) is 0 Å². The van der Waals surface area contributed by atoms with Crippen LogP contribution in [0.4, 0.5) is 14.5 Å². The first kappa shape index (κ1) is 13.0. The van der Waals surface area contributed by atoms with E-state index in [2.05, 4.69) is 10.5 Å². The van der Waals surface area contributed by atoms with E-state index in [0.29, 0.717) is 0 Å². The van der Waals surface area contributed by atoms with E-state index in [1.807, 2.05) is 30.3 Å². The van der Waals surface area contributed by atoms with Crippen molar-refractivity contribution in [2.45, 2.75) is 0 Å². The van der Waals surface area contributed by atoms with E-state index in [4.69, 9.17) is 4.74 Å². The van der Waals surface area contributed by atoms with Gasteiger partial charge in [0.15, 0.2) is 11.6 Å². The lowest BCUT2D eigenvalue weighted by atomic mass is 10.2. The molecule has 0 saturated carbocycles. The summed E-state index contributed by atoms with van der Waals surface area (Å²) in [7, 11) is 1.32. The number of rotatable bonds is 4. The number of halogens is 2. The molecule has 98 valence electrons. The molecule has 0 saturated heterocycles. The molecule has 0 aromatic heterocycles. The van der Waals surface area contributed by atoms with Gasteiger partial charge in [-0.3, -0.25) is 5.43 Å². The maximum Gasteiger partial charge on any atom is 0.168 e. The Balaban J connectivity index is 2.19. The zero-order valence-electron chi connectivity index (χ0n) is 10.2. The summed E-state index contributed by atoms with van der Waals surface area (Å²) in [6, 6.07) is 11.1. The quantitative estimate of drug-likeness (QED) is 0.676. The lowest BCUT2D eigenvalue weighted by Crippen LogP contribution is -1.98. The van der Waals surface area contributed by atoms with Crippen molar-refractivity contribution >= 4 is 11.9 Å². The van der Waals surface area contributed by atoms with Crippen LogP contribution in [0.25, 0.3) is 0 Å². The zero-order chi connectivity index (χ0) is 13.7. The van der Waals surface area contributed by atoms with E-state index in [1.165, 1.54) is 13.3 Å². The number of methoxy groups -OCH3 is 1. The first-order valence-corrected chi connectivity index (χ1v) is 5.58. The van der Waals surface area contributed by atoms with E-state index in [-0.39, 0.29) is 11.3 Å². The van der Waals surface area contributed by atoms with Gasteiger partial charge >= 0.3 is 0 Å². The second-order valence-electron chi connectivity index (χ2n) is 3.75. The summed E-state index contributed by atoms with van der Waals surface area (Å²) in [6.07, 6.45) is 1.30. The molecule has 1 N–H and O–H groups in total. The lowest BCUT2D eigenvalue weighted by Gasteiger charge is -2.06. The molecule has 0 heterocycles. The van der Waals surface area contributed by atoms with Crippen LogP contribution in [0.5, 0.6) is 5.75 Å². The fourth-order valence-electron chi connectivity index (χ4n) is 1.58. The molecule has 0 radical (unpaired) electrons. The fourth-order valence-corrected chi connectivity index (χ4v) is 1.58. The van der Waals surface area contributed by atoms with Gasteiger partial charge in [0.1, 0.15) is 5.82 Å². The Hall–Kier alpha value is -2.43. The summed E-state index contributed by atoms with van der Waals surface area (Å²) in [5.41, 5.74) is 3.75. The molecule has 0 unspecified atom stereocenters. The number of para-hydroxylation sites is 1. The number of nitrogens with zero attached hydrogens (tertiary/aromatic N) is 1. The maximum absolute atomic E-state index is 13.4. The molecule has 0 amide bonds. The van der Waals surface area contributed by atoms with Gasteiger partial charge in [0.2, 0.25) is 0 Å². The summed E-state index contributed by atoms with van der Waals surface area (Å²) in [4.78, 5) is 0. The van der Waals surface area contributed by atoms with Crippen LogP contribution in [0.1, 0.15) is 5.56 Å². The molecule has 0 atom stereocenters. The molecule has 5 heteroatoms. The van der Waals surface area contributed by atoms with Gasteiger partial charge in [-0.1, -0.05) is 18.2 Å². The Morgan fingerprint density at radius 3 is 2.58 bits per heavy atom. The molecule has 0 aliphatic rings. The highest BCUT2D eigenvalue weighted by atomic mass is 19.1. The number of hydrazone groups is 1. The van der Waals surface area contributed by atoms with Gasteiger partial charge in [-0.2, -0.15) is 5.10 Å². The zero-order valence-corrected chi connectivity index (χ0v) is 10.2. The smallest absolute Gasteiger partial charge is 0.168 e. The van der Waals surface area contributed by atoms with Crippen molar-refractivity contribution in [3.05, 3.63) is 59.7 Å². The molecule has 0 aliphatic heterocycles. The predicted molar refractivity (Wildman–Crippen MR) is 70.6 cm³/mol. The van der Waals surface area contributed by atoms with Crippen LogP contribution in [0.3, 0.4) is 0 Å². The summed E-state index contributed by atoms with van der Waals surface area (Å²) in [5.74, 6) is -1.48. The second-order valence-corrected chi connectivity index (χ2v) is 3.75. The Morgan fingerprint density at radius 1 is 1.16 bits per heavy atom. The highest BCUT2D eigenvalue weighted by Gasteiger charge is 2.10. The third-order valence-electron chi connectivity index (χ3n) is 2.41. The van der Waals surface area contributed by atoms with Crippen LogP contribution in [0.15, 0.2) is 47.6 Å². The average Bonchev–Trinajstić information content (AvgIpc) is 2.39. The number of benzene rings is 2. The maximum atomic E-state index is 13.4. The minimum Gasteiger partial charge on any atom is -0.493 e. The molecule has 19 heavy (non-hydrogen) atoms. The molecule has 0 bridgehead atoms. The van der Waals surface area contributed by atoms with Gasteiger partial charge in [0.25, 0.3) is 0 Å². The van der Waals surface area contributed by atoms with Crippen LogP contribution < -0.4 is 10.2 Å². The van der Waals surface area contributed by atoms with Crippen molar-refractivity contribution in [1.29, 1.82) is 0 Å². The van der Waals surface area contributed by atoms with Gasteiger partial charge < -0.3 is 4.74 Å². The number of hydrogen-bond acceptors (Lipinski definition) is 3. The van der Waals surface area contributed by atoms with Crippen molar-refractivity contribution in [3.8, 4) is 5.75 Å². The third kappa shape index (κ3) is 3.28. The van der Waals surface area contributed by atoms with Gasteiger partial charge in [0, 0.05) is 11.6 Å². The van der Waals surface area contributed by atoms with Crippen molar-refractivity contribution in [3.63, 3.8) is 0 Å².